The van der Waals surface area contributed by atoms with Gasteiger partial charge in [0.25, 0.3) is 0 Å². The summed E-state index contributed by atoms with van der Waals surface area (Å²) in [7, 11) is 0. The van der Waals surface area contributed by atoms with Crippen molar-refractivity contribution in [2.24, 2.45) is 0 Å². The maximum absolute atomic E-state index is 14.2. The molecule has 0 fully saturated rings. The van der Waals surface area contributed by atoms with Crippen molar-refractivity contribution in [2.45, 2.75) is 25.7 Å². The standard InChI is InChI=1S/C26H18F4N2.Pt/c1-26(2,25-8-4-6-23(32-25)20-12-11-18(28)15-22(20)30)24-7-3-5-19(31-24)13-16-9-10-17(27)14-21(16)29;/h3-8,10-11,14-15H,13H2,1-2H3;/q-2;+2. The molecular weight excluding hydrogens is 611 g/mol. The van der Waals surface area contributed by atoms with E-state index < -0.39 is 28.7 Å². The molecule has 2 aromatic carbocycles. The van der Waals surface area contributed by atoms with Crippen LogP contribution in [0.5, 0.6) is 0 Å². The van der Waals surface area contributed by atoms with Crippen molar-refractivity contribution in [1.82, 2.24) is 9.97 Å². The third-order valence-electron chi connectivity index (χ3n) is 5.25. The van der Waals surface area contributed by atoms with Gasteiger partial charge < -0.3 is 4.98 Å². The molecule has 0 saturated carbocycles. The van der Waals surface area contributed by atoms with Gasteiger partial charge in [0.1, 0.15) is 0 Å². The van der Waals surface area contributed by atoms with Gasteiger partial charge >= 0.3 is 21.1 Å². The van der Waals surface area contributed by atoms with Crippen LogP contribution in [0.2, 0.25) is 0 Å². The Balaban J connectivity index is 0.00000306. The van der Waals surface area contributed by atoms with E-state index in [0.717, 1.165) is 24.3 Å². The van der Waals surface area contributed by atoms with Crippen molar-refractivity contribution in [2.75, 3.05) is 0 Å². The number of pyridine rings is 2. The maximum atomic E-state index is 14.2. The van der Waals surface area contributed by atoms with E-state index in [4.69, 9.17) is 0 Å². The zero-order valence-electron chi connectivity index (χ0n) is 17.7. The van der Waals surface area contributed by atoms with Crippen molar-refractivity contribution in [3.05, 3.63) is 119 Å². The second-order valence-electron chi connectivity index (χ2n) is 7.91. The molecule has 0 radical (unpaired) electrons. The van der Waals surface area contributed by atoms with Gasteiger partial charge in [-0.2, -0.15) is 6.07 Å². The van der Waals surface area contributed by atoms with E-state index in [2.05, 4.69) is 22.1 Å². The number of hydrogen-bond acceptors (Lipinski definition) is 2. The normalized spacial score (nSPS) is 11.2. The van der Waals surface area contributed by atoms with Crippen LogP contribution in [0, 0.1) is 35.4 Å². The molecule has 0 aliphatic heterocycles. The van der Waals surface area contributed by atoms with Gasteiger partial charge in [0, 0.05) is 40.1 Å². The molecule has 0 bridgehead atoms. The summed E-state index contributed by atoms with van der Waals surface area (Å²) in [5.41, 5.74) is 1.83. The van der Waals surface area contributed by atoms with E-state index in [9.17, 15) is 17.6 Å². The molecule has 4 rings (SSSR count). The maximum Gasteiger partial charge on any atom is 2.00 e. The average Bonchev–Trinajstić information content (AvgIpc) is 2.76. The number of benzene rings is 2. The summed E-state index contributed by atoms with van der Waals surface area (Å²) in [6, 6.07) is 19.5. The minimum Gasteiger partial charge on any atom is -0.300 e. The molecule has 33 heavy (non-hydrogen) atoms. The number of aromatic nitrogens is 2. The van der Waals surface area contributed by atoms with Crippen LogP contribution in [0.15, 0.2) is 60.7 Å². The van der Waals surface area contributed by atoms with Crippen LogP contribution >= 0.6 is 0 Å². The Morgan fingerprint density at radius 3 is 2.06 bits per heavy atom. The summed E-state index contributed by atoms with van der Waals surface area (Å²) in [6.07, 6.45) is 0.152. The molecule has 0 aliphatic rings. The zero-order chi connectivity index (χ0) is 22.9. The van der Waals surface area contributed by atoms with Crippen LogP contribution in [-0.2, 0) is 32.9 Å². The monoisotopic (exact) mass is 629 g/mol. The number of halogens is 4. The molecule has 0 saturated heterocycles. The summed E-state index contributed by atoms with van der Waals surface area (Å²) in [5, 5.41) is 0. The quantitative estimate of drug-likeness (QED) is 0.194. The van der Waals surface area contributed by atoms with Gasteiger partial charge in [-0.1, -0.05) is 29.8 Å². The molecule has 4 aromatic rings. The Morgan fingerprint density at radius 1 is 0.788 bits per heavy atom. The molecule has 0 aliphatic carbocycles. The van der Waals surface area contributed by atoms with E-state index in [1.807, 2.05) is 19.9 Å². The SMILES string of the molecule is CC(C)(c1cccc(Cc2[c-]cc(F)cc2F)n1)c1cccc(-c2[c-]cc(F)cc2F)n1.[Pt+2]. The Hall–Kier alpha value is -2.85. The topological polar surface area (TPSA) is 25.8 Å². The molecule has 0 atom stereocenters. The van der Waals surface area contributed by atoms with Gasteiger partial charge in [-0.25, -0.2) is 0 Å². The third-order valence-corrected chi connectivity index (χ3v) is 5.25. The van der Waals surface area contributed by atoms with Crippen molar-refractivity contribution in [3.63, 3.8) is 0 Å². The van der Waals surface area contributed by atoms with Gasteiger partial charge in [0.05, 0.1) is 5.69 Å². The molecule has 2 aromatic heterocycles. The second-order valence-corrected chi connectivity index (χ2v) is 7.91. The fourth-order valence-corrected chi connectivity index (χ4v) is 3.41. The minimum atomic E-state index is -0.745. The molecule has 7 heteroatoms. The Kier molecular flexibility index (Phi) is 7.48. The van der Waals surface area contributed by atoms with Crippen LogP contribution in [-0.4, -0.2) is 9.97 Å². The molecule has 0 N–H and O–H groups in total. The molecule has 2 heterocycles. The first-order valence-corrected chi connectivity index (χ1v) is 9.90. The van der Waals surface area contributed by atoms with Crippen LogP contribution < -0.4 is 0 Å². The largest absolute Gasteiger partial charge is 2.00 e. The minimum absolute atomic E-state index is 0. The fourth-order valence-electron chi connectivity index (χ4n) is 3.41. The Bertz CT molecular complexity index is 1290. The van der Waals surface area contributed by atoms with E-state index in [-0.39, 0.29) is 38.6 Å². The van der Waals surface area contributed by atoms with Gasteiger partial charge in [-0.05, 0) is 44.2 Å². The second kappa shape index (κ2) is 9.96. The van der Waals surface area contributed by atoms with E-state index in [1.165, 1.54) is 0 Å². The van der Waals surface area contributed by atoms with E-state index >= 15 is 0 Å². The van der Waals surface area contributed by atoms with E-state index in [0.29, 0.717) is 22.8 Å². The summed E-state index contributed by atoms with van der Waals surface area (Å²) < 4.78 is 54.7. The average molecular weight is 630 g/mol. The fraction of sp³-hybridized carbons (Fsp3) is 0.154. The van der Waals surface area contributed by atoms with Crippen molar-refractivity contribution >= 4 is 0 Å². The zero-order valence-corrected chi connectivity index (χ0v) is 20.0. The third kappa shape index (κ3) is 5.39. The van der Waals surface area contributed by atoms with Crippen LogP contribution in [0.3, 0.4) is 0 Å². The number of rotatable bonds is 5. The first-order valence-electron chi connectivity index (χ1n) is 9.90. The van der Waals surface area contributed by atoms with Crippen molar-refractivity contribution < 1.29 is 38.6 Å². The first-order chi connectivity index (χ1) is 15.2. The number of hydrogen-bond donors (Lipinski definition) is 0. The summed E-state index contributed by atoms with van der Waals surface area (Å²) in [6.45, 7) is 3.83. The molecule has 0 amide bonds. The predicted molar refractivity (Wildman–Crippen MR) is 113 cm³/mol. The molecular formula is C26H18F4N2Pt. The molecule has 0 unspecified atom stereocenters. The van der Waals surface area contributed by atoms with Crippen LogP contribution in [0.1, 0.15) is 36.5 Å². The van der Waals surface area contributed by atoms with E-state index in [1.54, 1.807) is 30.3 Å². The molecule has 2 nitrogen and oxygen atoms in total. The molecule has 0 spiro atoms. The van der Waals surface area contributed by atoms with Gasteiger partial charge in [0.15, 0.2) is 0 Å². The summed E-state index contributed by atoms with van der Waals surface area (Å²) in [4.78, 5) is 9.24. The summed E-state index contributed by atoms with van der Waals surface area (Å²) in [5.74, 6) is -2.82. The Labute approximate surface area is 204 Å². The smallest absolute Gasteiger partial charge is 0.300 e. The Morgan fingerprint density at radius 2 is 1.39 bits per heavy atom. The van der Waals surface area contributed by atoms with Crippen LogP contribution in [0.4, 0.5) is 17.6 Å². The van der Waals surface area contributed by atoms with Crippen molar-refractivity contribution in [1.29, 1.82) is 0 Å². The number of nitrogens with zero attached hydrogens (tertiary/aromatic N) is 2. The molecule has 170 valence electrons. The predicted octanol–water partition coefficient (Wildman–Crippen LogP) is 6.21. The first kappa shape index (κ1) is 24.8. The van der Waals surface area contributed by atoms with Gasteiger partial charge in [0.2, 0.25) is 0 Å². The van der Waals surface area contributed by atoms with Gasteiger partial charge in [-0.3, -0.25) is 22.5 Å². The van der Waals surface area contributed by atoms with Crippen LogP contribution in [0.25, 0.3) is 11.3 Å². The van der Waals surface area contributed by atoms with Crippen molar-refractivity contribution in [3.8, 4) is 11.3 Å². The summed E-state index contributed by atoms with van der Waals surface area (Å²) >= 11 is 0. The van der Waals surface area contributed by atoms with Gasteiger partial charge in [-0.15, -0.1) is 29.8 Å².